The third kappa shape index (κ3) is 3.34. The Morgan fingerprint density at radius 1 is 1.11 bits per heavy atom. The molecule has 0 aliphatic carbocycles. The van der Waals surface area contributed by atoms with Crippen LogP contribution in [-0.4, -0.2) is 14.8 Å². The van der Waals surface area contributed by atoms with E-state index in [1.165, 1.54) is 0 Å². The zero-order valence-electron chi connectivity index (χ0n) is 10.3. The molecule has 0 saturated carbocycles. The van der Waals surface area contributed by atoms with Gasteiger partial charge in [-0.25, -0.2) is 0 Å². The van der Waals surface area contributed by atoms with Crippen LogP contribution >= 0.6 is 23.2 Å². The van der Waals surface area contributed by atoms with Crippen molar-refractivity contribution in [1.29, 1.82) is 0 Å². The molecular weight excluding hydrogens is 279 g/mol. The molecule has 0 fully saturated rings. The summed E-state index contributed by atoms with van der Waals surface area (Å²) in [6.45, 7) is 3.88. The van der Waals surface area contributed by atoms with Gasteiger partial charge in [0.2, 0.25) is 0 Å². The average molecular weight is 293 g/mol. The summed E-state index contributed by atoms with van der Waals surface area (Å²) in [6.07, 6.45) is 6.84. The SMILES string of the molecule is C=CC(c1cnccn1)C(c1ccccc1)C(Cl)Cl. The molecule has 0 N–H and O–H groups in total. The first-order valence-electron chi connectivity index (χ1n) is 5.95. The lowest BCUT2D eigenvalue weighted by Crippen LogP contribution is -2.17. The van der Waals surface area contributed by atoms with Crippen LogP contribution in [-0.2, 0) is 0 Å². The predicted octanol–water partition coefficient (Wildman–Crippen LogP) is 4.33. The lowest BCUT2D eigenvalue weighted by atomic mass is 9.85. The Kier molecular flexibility index (Phi) is 4.94. The molecule has 4 heteroatoms. The van der Waals surface area contributed by atoms with Gasteiger partial charge in [0.1, 0.15) is 4.84 Å². The molecular formula is C15H14Cl2N2. The van der Waals surface area contributed by atoms with Gasteiger partial charge in [-0.2, -0.15) is 0 Å². The largest absolute Gasteiger partial charge is 0.261 e. The maximum atomic E-state index is 6.17. The number of alkyl halides is 2. The van der Waals surface area contributed by atoms with Crippen molar-refractivity contribution in [2.45, 2.75) is 16.7 Å². The fourth-order valence-electron chi connectivity index (χ4n) is 2.12. The second-order valence-electron chi connectivity index (χ2n) is 4.16. The first-order valence-corrected chi connectivity index (χ1v) is 6.83. The van der Waals surface area contributed by atoms with Gasteiger partial charge < -0.3 is 0 Å². The van der Waals surface area contributed by atoms with Crippen LogP contribution in [0.1, 0.15) is 23.1 Å². The van der Waals surface area contributed by atoms with E-state index in [1.807, 2.05) is 36.4 Å². The molecule has 2 atom stereocenters. The molecule has 19 heavy (non-hydrogen) atoms. The van der Waals surface area contributed by atoms with Crippen LogP contribution in [0.15, 0.2) is 61.6 Å². The van der Waals surface area contributed by atoms with E-state index in [2.05, 4.69) is 16.5 Å². The lowest BCUT2D eigenvalue weighted by molar-refractivity contribution is 0.640. The average Bonchev–Trinajstić information content (AvgIpc) is 2.46. The topological polar surface area (TPSA) is 25.8 Å². The molecule has 0 radical (unpaired) electrons. The van der Waals surface area contributed by atoms with Crippen molar-refractivity contribution < 1.29 is 0 Å². The van der Waals surface area contributed by atoms with Crippen molar-refractivity contribution in [1.82, 2.24) is 9.97 Å². The van der Waals surface area contributed by atoms with Gasteiger partial charge in [0.25, 0.3) is 0 Å². The van der Waals surface area contributed by atoms with Crippen LogP contribution < -0.4 is 0 Å². The Morgan fingerprint density at radius 3 is 2.37 bits per heavy atom. The predicted molar refractivity (Wildman–Crippen MR) is 79.6 cm³/mol. The van der Waals surface area contributed by atoms with Crippen LogP contribution in [0, 0.1) is 0 Å². The van der Waals surface area contributed by atoms with E-state index in [0.29, 0.717) is 0 Å². The lowest BCUT2D eigenvalue weighted by Gasteiger charge is -2.25. The number of hydrogen-bond acceptors (Lipinski definition) is 2. The van der Waals surface area contributed by atoms with Gasteiger partial charge in [0, 0.05) is 30.4 Å². The van der Waals surface area contributed by atoms with Crippen molar-refractivity contribution in [2.75, 3.05) is 0 Å². The summed E-state index contributed by atoms with van der Waals surface area (Å²) in [6, 6.07) is 9.92. The molecule has 0 saturated heterocycles. The van der Waals surface area contributed by atoms with Crippen LogP contribution in [0.5, 0.6) is 0 Å². The summed E-state index contributed by atoms with van der Waals surface area (Å²) in [4.78, 5) is 7.87. The van der Waals surface area contributed by atoms with Gasteiger partial charge in [-0.05, 0) is 5.56 Å². The fraction of sp³-hybridized carbons (Fsp3) is 0.200. The van der Waals surface area contributed by atoms with Gasteiger partial charge in [0.15, 0.2) is 0 Å². The Labute approximate surface area is 123 Å². The maximum Gasteiger partial charge on any atom is 0.115 e. The Balaban J connectivity index is 2.40. The number of rotatable bonds is 5. The molecule has 2 rings (SSSR count). The number of nitrogens with zero attached hydrogens (tertiary/aromatic N) is 2. The van der Waals surface area contributed by atoms with Crippen molar-refractivity contribution >= 4 is 23.2 Å². The van der Waals surface area contributed by atoms with Crippen molar-refractivity contribution in [3.8, 4) is 0 Å². The zero-order chi connectivity index (χ0) is 13.7. The molecule has 2 nitrogen and oxygen atoms in total. The Bertz CT molecular complexity index is 514. The normalized spacial score (nSPS) is 14.1. The quantitative estimate of drug-likeness (QED) is 0.605. The van der Waals surface area contributed by atoms with Gasteiger partial charge >= 0.3 is 0 Å². The molecule has 2 unspecified atom stereocenters. The highest BCUT2D eigenvalue weighted by Gasteiger charge is 2.28. The summed E-state index contributed by atoms with van der Waals surface area (Å²) in [5.74, 6) is -0.171. The van der Waals surface area contributed by atoms with Gasteiger partial charge in [-0.15, -0.1) is 29.8 Å². The highest BCUT2D eigenvalue weighted by Crippen LogP contribution is 2.39. The molecule has 0 aliphatic rings. The minimum absolute atomic E-state index is 0.0731. The molecule has 0 aliphatic heterocycles. The minimum atomic E-state index is -0.549. The van der Waals surface area contributed by atoms with Crippen LogP contribution in [0.2, 0.25) is 0 Å². The molecule has 0 spiro atoms. The molecule has 1 aromatic heterocycles. The van der Waals surface area contributed by atoms with Crippen LogP contribution in [0.3, 0.4) is 0 Å². The van der Waals surface area contributed by atoms with Crippen molar-refractivity contribution in [2.24, 2.45) is 0 Å². The summed E-state index contributed by atoms with van der Waals surface area (Å²) < 4.78 is 0. The zero-order valence-corrected chi connectivity index (χ0v) is 11.8. The number of hydrogen-bond donors (Lipinski definition) is 0. The van der Waals surface area contributed by atoms with Crippen molar-refractivity contribution in [3.05, 3.63) is 72.8 Å². The van der Waals surface area contributed by atoms with E-state index >= 15 is 0 Å². The van der Waals surface area contributed by atoms with Gasteiger partial charge in [-0.1, -0.05) is 36.4 Å². The Hall–Kier alpha value is -1.38. The van der Waals surface area contributed by atoms with Crippen LogP contribution in [0.4, 0.5) is 0 Å². The van der Waals surface area contributed by atoms with E-state index in [4.69, 9.17) is 23.2 Å². The molecule has 0 amide bonds. The summed E-state index contributed by atoms with van der Waals surface area (Å²) in [5.41, 5.74) is 1.88. The minimum Gasteiger partial charge on any atom is -0.261 e. The van der Waals surface area contributed by atoms with E-state index < -0.39 is 4.84 Å². The molecule has 1 aromatic carbocycles. The third-order valence-electron chi connectivity index (χ3n) is 3.02. The molecule has 2 aromatic rings. The fourth-order valence-corrected chi connectivity index (χ4v) is 2.72. The van der Waals surface area contributed by atoms with Gasteiger partial charge in [0.05, 0.1) is 5.69 Å². The summed E-state index contributed by atoms with van der Waals surface area (Å²) >= 11 is 12.3. The third-order valence-corrected chi connectivity index (χ3v) is 3.56. The standard InChI is InChI=1S/C15H14Cl2N2/c1-2-12(13-10-18-8-9-19-13)14(15(16)17)11-6-4-3-5-7-11/h2-10,12,14-15H,1H2. The molecule has 1 heterocycles. The monoisotopic (exact) mass is 292 g/mol. The first kappa shape index (κ1) is 14.0. The first-order chi connectivity index (χ1) is 9.24. The molecule has 98 valence electrons. The van der Waals surface area contributed by atoms with Crippen LogP contribution in [0.25, 0.3) is 0 Å². The van der Waals surface area contributed by atoms with E-state index in [9.17, 15) is 0 Å². The van der Waals surface area contributed by atoms with E-state index in [1.54, 1.807) is 18.6 Å². The van der Waals surface area contributed by atoms with E-state index in [-0.39, 0.29) is 11.8 Å². The number of allylic oxidation sites excluding steroid dienone is 1. The summed E-state index contributed by atoms with van der Waals surface area (Å²) in [7, 11) is 0. The number of benzene rings is 1. The highest BCUT2D eigenvalue weighted by atomic mass is 35.5. The number of aromatic nitrogens is 2. The van der Waals surface area contributed by atoms with Gasteiger partial charge in [-0.3, -0.25) is 9.97 Å². The highest BCUT2D eigenvalue weighted by molar-refractivity contribution is 6.44. The maximum absolute atomic E-state index is 6.17. The smallest absolute Gasteiger partial charge is 0.115 e. The number of halogens is 2. The second-order valence-corrected chi connectivity index (χ2v) is 5.33. The molecule has 0 bridgehead atoms. The van der Waals surface area contributed by atoms with Crippen molar-refractivity contribution in [3.63, 3.8) is 0 Å². The second kappa shape index (κ2) is 6.69. The summed E-state index contributed by atoms with van der Waals surface area (Å²) in [5, 5.41) is 0. The van der Waals surface area contributed by atoms with E-state index in [0.717, 1.165) is 11.3 Å². The Morgan fingerprint density at radius 2 is 1.84 bits per heavy atom.